The van der Waals surface area contributed by atoms with Crippen molar-refractivity contribution in [3.05, 3.63) is 42.5 Å². The van der Waals surface area contributed by atoms with Crippen LogP contribution in [0.25, 0.3) is 5.69 Å². The minimum Gasteiger partial charge on any atom is -0.333 e. The molecule has 1 amide bonds. The minimum atomic E-state index is -0.0491. The van der Waals surface area contributed by atoms with E-state index in [0.717, 1.165) is 25.1 Å². The number of amides is 1. The van der Waals surface area contributed by atoms with E-state index < -0.39 is 0 Å². The molecule has 1 unspecified atom stereocenters. The van der Waals surface area contributed by atoms with Gasteiger partial charge in [0.15, 0.2) is 0 Å². The summed E-state index contributed by atoms with van der Waals surface area (Å²) in [6, 6.07) is 5.57. The average molecular weight is 344 g/mol. The number of carbonyl (C=O) groups is 1. The standard InChI is InChI=1S/C14H17N5O.2ClH/c15-10-12-3-1-7-18(12)14(20)13-9-11(4-6-16-13)19-8-2-5-17-19;;/h2,4-6,8-9,12H,1,3,7,10,15H2;2*1H. The van der Waals surface area contributed by atoms with E-state index in [4.69, 9.17) is 5.73 Å². The highest BCUT2D eigenvalue weighted by Crippen LogP contribution is 2.19. The molecule has 6 nitrogen and oxygen atoms in total. The fraction of sp³-hybridized carbons (Fsp3) is 0.357. The molecule has 2 aromatic rings. The lowest BCUT2D eigenvalue weighted by atomic mass is 10.2. The van der Waals surface area contributed by atoms with Crippen LogP contribution in [0.1, 0.15) is 23.3 Å². The Kier molecular flexibility index (Phi) is 6.80. The van der Waals surface area contributed by atoms with E-state index in [1.54, 1.807) is 23.1 Å². The summed E-state index contributed by atoms with van der Waals surface area (Å²) in [6.45, 7) is 1.26. The first-order valence-electron chi connectivity index (χ1n) is 6.76. The molecule has 2 N–H and O–H groups in total. The first-order valence-corrected chi connectivity index (χ1v) is 6.76. The molecule has 120 valence electrons. The van der Waals surface area contributed by atoms with E-state index in [1.807, 2.05) is 23.2 Å². The molecule has 3 heterocycles. The zero-order chi connectivity index (χ0) is 13.9. The third-order valence-electron chi connectivity index (χ3n) is 3.64. The SMILES string of the molecule is Cl.Cl.NCC1CCCN1C(=O)c1cc(-n2cccn2)ccn1. The maximum Gasteiger partial charge on any atom is 0.272 e. The first kappa shape index (κ1) is 18.4. The number of nitrogens with two attached hydrogens (primary N) is 1. The molecular formula is C14H19Cl2N5O. The highest BCUT2D eigenvalue weighted by atomic mass is 35.5. The maximum atomic E-state index is 12.5. The van der Waals surface area contributed by atoms with Crippen LogP contribution in [-0.2, 0) is 0 Å². The molecule has 1 aliphatic heterocycles. The van der Waals surface area contributed by atoms with Crippen molar-refractivity contribution >= 4 is 30.7 Å². The Labute approximate surface area is 141 Å². The summed E-state index contributed by atoms with van der Waals surface area (Å²) in [5, 5.41) is 4.16. The summed E-state index contributed by atoms with van der Waals surface area (Å²) in [4.78, 5) is 18.5. The third-order valence-corrected chi connectivity index (χ3v) is 3.64. The van der Waals surface area contributed by atoms with Crippen molar-refractivity contribution in [1.29, 1.82) is 0 Å². The molecule has 0 radical (unpaired) electrons. The van der Waals surface area contributed by atoms with E-state index in [-0.39, 0.29) is 36.8 Å². The number of halogens is 2. The maximum absolute atomic E-state index is 12.5. The highest BCUT2D eigenvalue weighted by Gasteiger charge is 2.29. The van der Waals surface area contributed by atoms with Gasteiger partial charge >= 0.3 is 0 Å². The Morgan fingerprint density at radius 2 is 2.18 bits per heavy atom. The van der Waals surface area contributed by atoms with Crippen LogP contribution in [0.15, 0.2) is 36.8 Å². The van der Waals surface area contributed by atoms with E-state index in [1.165, 1.54) is 0 Å². The van der Waals surface area contributed by atoms with Gasteiger partial charge in [0.2, 0.25) is 0 Å². The molecule has 22 heavy (non-hydrogen) atoms. The van der Waals surface area contributed by atoms with Crippen molar-refractivity contribution < 1.29 is 4.79 Å². The van der Waals surface area contributed by atoms with Crippen LogP contribution in [0.3, 0.4) is 0 Å². The van der Waals surface area contributed by atoms with Gasteiger partial charge in [-0.2, -0.15) is 5.10 Å². The number of carbonyl (C=O) groups excluding carboxylic acids is 1. The van der Waals surface area contributed by atoms with Crippen LogP contribution >= 0.6 is 24.8 Å². The van der Waals surface area contributed by atoms with Crippen LogP contribution in [0.4, 0.5) is 0 Å². The Bertz CT molecular complexity index is 605. The second kappa shape index (κ2) is 8.12. The van der Waals surface area contributed by atoms with Crippen LogP contribution in [-0.4, -0.2) is 44.7 Å². The number of likely N-dealkylation sites (tertiary alicyclic amines) is 1. The van der Waals surface area contributed by atoms with Crippen molar-refractivity contribution in [1.82, 2.24) is 19.7 Å². The Hall–Kier alpha value is -1.63. The summed E-state index contributed by atoms with van der Waals surface area (Å²) in [7, 11) is 0. The molecule has 3 rings (SSSR count). The smallest absolute Gasteiger partial charge is 0.272 e. The van der Waals surface area contributed by atoms with Gasteiger partial charge in [-0.3, -0.25) is 9.78 Å². The van der Waals surface area contributed by atoms with Gasteiger partial charge in [0.25, 0.3) is 5.91 Å². The second-order valence-corrected chi connectivity index (χ2v) is 4.88. The predicted octanol–water partition coefficient (Wildman–Crippen LogP) is 1.67. The van der Waals surface area contributed by atoms with Crippen molar-refractivity contribution in [3.63, 3.8) is 0 Å². The van der Waals surface area contributed by atoms with E-state index in [9.17, 15) is 4.79 Å². The quantitative estimate of drug-likeness (QED) is 0.919. The number of hydrogen-bond donors (Lipinski definition) is 1. The largest absolute Gasteiger partial charge is 0.333 e. The molecular weight excluding hydrogens is 325 g/mol. The first-order chi connectivity index (χ1) is 9.79. The van der Waals surface area contributed by atoms with E-state index in [0.29, 0.717) is 12.2 Å². The van der Waals surface area contributed by atoms with Gasteiger partial charge in [-0.25, -0.2) is 4.68 Å². The molecule has 0 bridgehead atoms. The zero-order valence-corrected chi connectivity index (χ0v) is 13.6. The number of nitrogens with zero attached hydrogens (tertiary/aromatic N) is 4. The fourth-order valence-electron chi connectivity index (χ4n) is 2.60. The van der Waals surface area contributed by atoms with Crippen LogP contribution in [0.2, 0.25) is 0 Å². The number of aromatic nitrogens is 3. The normalized spacial score (nSPS) is 16.8. The third kappa shape index (κ3) is 3.58. The topological polar surface area (TPSA) is 77.0 Å². The molecule has 0 aromatic carbocycles. The number of hydrogen-bond acceptors (Lipinski definition) is 4. The summed E-state index contributed by atoms with van der Waals surface area (Å²) in [6.07, 6.45) is 7.15. The molecule has 0 spiro atoms. The fourth-order valence-corrected chi connectivity index (χ4v) is 2.60. The number of rotatable bonds is 3. The Morgan fingerprint density at radius 1 is 1.36 bits per heavy atom. The van der Waals surface area contributed by atoms with E-state index >= 15 is 0 Å². The van der Waals surface area contributed by atoms with Gasteiger partial charge in [-0.05, 0) is 31.0 Å². The molecule has 0 aliphatic carbocycles. The minimum absolute atomic E-state index is 0. The van der Waals surface area contributed by atoms with Crippen LogP contribution in [0.5, 0.6) is 0 Å². The average Bonchev–Trinajstić information content (AvgIpc) is 3.17. The van der Waals surface area contributed by atoms with Gasteiger partial charge in [-0.1, -0.05) is 0 Å². The van der Waals surface area contributed by atoms with Gasteiger partial charge in [0.1, 0.15) is 5.69 Å². The van der Waals surface area contributed by atoms with Crippen molar-refractivity contribution in [2.24, 2.45) is 5.73 Å². The molecule has 0 saturated carbocycles. The molecule has 1 aliphatic rings. The zero-order valence-electron chi connectivity index (χ0n) is 12.0. The summed E-state index contributed by atoms with van der Waals surface area (Å²) in [5.41, 5.74) is 6.99. The monoisotopic (exact) mass is 343 g/mol. The number of pyridine rings is 1. The van der Waals surface area contributed by atoms with Crippen molar-refractivity contribution in [2.75, 3.05) is 13.1 Å². The van der Waals surface area contributed by atoms with Gasteiger partial charge < -0.3 is 10.6 Å². The lowest BCUT2D eigenvalue weighted by Gasteiger charge is -2.23. The van der Waals surface area contributed by atoms with Crippen molar-refractivity contribution in [2.45, 2.75) is 18.9 Å². The molecule has 1 fully saturated rings. The Balaban J connectivity index is 0.00000121. The van der Waals surface area contributed by atoms with Crippen molar-refractivity contribution in [3.8, 4) is 5.69 Å². The molecule has 8 heteroatoms. The van der Waals surface area contributed by atoms with Gasteiger partial charge in [-0.15, -0.1) is 24.8 Å². The summed E-state index contributed by atoms with van der Waals surface area (Å²) >= 11 is 0. The lowest BCUT2D eigenvalue weighted by Crippen LogP contribution is -2.40. The van der Waals surface area contributed by atoms with Crippen LogP contribution in [0, 0.1) is 0 Å². The lowest BCUT2D eigenvalue weighted by molar-refractivity contribution is 0.0735. The highest BCUT2D eigenvalue weighted by molar-refractivity contribution is 5.93. The predicted molar refractivity (Wildman–Crippen MR) is 89.0 cm³/mol. The van der Waals surface area contributed by atoms with Gasteiger partial charge in [0, 0.05) is 37.7 Å². The van der Waals surface area contributed by atoms with Crippen LogP contribution < -0.4 is 5.73 Å². The molecule has 2 aromatic heterocycles. The van der Waals surface area contributed by atoms with Gasteiger partial charge in [0.05, 0.1) is 5.69 Å². The summed E-state index contributed by atoms with van der Waals surface area (Å²) < 4.78 is 1.71. The molecule has 1 atom stereocenters. The van der Waals surface area contributed by atoms with E-state index in [2.05, 4.69) is 10.1 Å². The summed E-state index contributed by atoms with van der Waals surface area (Å²) in [5.74, 6) is -0.0491. The molecule has 1 saturated heterocycles. The second-order valence-electron chi connectivity index (χ2n) is 4.88. The Morgan fingerprint density at radius 3 is 2.86 bits per heavy atom.